The van der Waals surface area contributed by atoms with Gasteiger partial charge in [0.25, 0.3) is 0 Å². The van der Waals surface area contributed by atoms with Gasteiger partial charge in [-0.3, -0.25) is 0 Å². The van der Waals surface area contributed by atoms with Crippen molar-refractivity contribution < 1.29 is 9.18 Å². The van der Waals surface area contributed by atoms with E-state index in [0.29, 0.717) is 18.1 Å². The smallest absolute Gasteiger partial charge is 0.315 e. The summed E-state index contributed by atoms with van der Waals surface area (Å²) in [5.74, 6) is -0.230. The first-order valence-electron chi connectivity index (χ1n) is 7.14. The molecule has 0 unspecified atom stereocenters. The molecule has 2 N–H and O–H groups in total. The molecule has 0 aliphatic rings. The largest absolute Gasteiger partial charge is 0.338 e. The second-order valence-corrected chi connectivity index (χ2v) is 5.41. The van der Waals surface area contributed by atoms with Gasteiger partial charge in [-0.25, -0.2) is 9.18 Å². The predicted octanol–water partition coefficient (Wildman–Crippen LogP) is 3.91. The van der Waals surface area contributed by atoms with Crippen LogP contribution in [-0.2, 0) is 13.0 Å². The molecule has 0 fully saturated rings. The summed E-state index contributed by atoms with van der Waals surface area (Å²) in [7, 11) is 0. The van der Waals surface area contributed by atoms with Crippen LogP contribution in [0.3, 0.4) is 0 Å². The number of hydrogen-bond acceptors (Lipinski definition) is 1. The van der Waals surface area contributed by atoms with Gasteiger partial charge in [0.05, 0.1) is 0 Å². The molecule has 0 bridgehead atoms. The summed E-state index contributed by atoms with van der Waals surface area (Å²) in [6.07, 6.45) is 1.49. The molecule has 0 radical (unpaired) electrons. The van der Waals surface area contributed by atoms with Gasteiger partial charge in [0.2, 0.25) is 0 Å². The highest BCUT2D eigenvalue weighted by molar-refractivity contribution is 6.30. The molecule has 116 valence electrons. The van der Waals surface area contributed by atoms with E-state index in [-0.39, 0.29) is 11.8 Å². The fourth-order valence-corrected chi connectivity index (χ4v) is 2.16. The summed E-state index contributed by atoms with van der Waals surface area (Å²) in [6, 6.07) is 13.6. The fourth-order valence-electron chi connectivity index (χ4n) is 2.03. The van der Waals surface area contributed by atoms with Crippen molar-refractivity contribution in [2.24, 2.45) is 0 Å². The van der Waals surface area contributed by atoms with E-state index in [4.69, 9.17) is 11.6 Å². The summed E-state index contributed by atoms with van der Waals surface area (Å²) in [5, 5.41) is 6.22. The van der Waals surface area contributed by atoms with Gasteiger partial charge in [-0.15, -0.1) is 0 Å². The standard InChI is InChI=1S/C17H18ClFN2O/c18-15-8-6-14(7-9-15)12-21-17(22)20-10-2-4-13-3-1-5-16(19)11-13/h1,3,5-9,11H,2,4,10,12H2,(H2,20,21,22). The minimum absolute atomic E-state index is 0.214. The Kier molecular flexibility index (Phi) is 6.22. The Balaban J connectivity index is 1.62. The number of aryl methyl sites for hydroxylation is 1. The summed E-state index contributed by atoms with van der Waals surface area (Å²) < 4.78 is 13.0. The number of carbonyl (C=O) groups excluding carboxylic acids is 1. The number of halogens is 2. The Bertz CT molecular complexity index is 616. The number of nitrogens with one attached hydrogen (secondary N) is 2. The van der Waals surface area contributed by atoms with Gasteiger partial charge in [-0.05, 0) is 48.2 Å². The van der Waals surface area contributed by atoms with Crippen LogP contribution < -0.4 is 10.6 Å². The third-order valence-corrected chi connectivity index (χ3v) is 3.44. The zero-order chi connectivity index (χ0) is 15.8. The number of rotatable bonds is 6. The topological polar surface area (TPSA) is 41.1 Å². The fraction of sp³-hybridized carbons (Fsp3) is 0.235. The van der Waals surface area contributed by atoms with E-state index in [0.717, 1.165) is 24.0 Å². The third-order valence-electron chi connectivity index (χ3n) is 3.18. The van der Waals surface area contributed by atoms with E-state index in [9.17, 15) is 9.18 Å². The molecule has 0 aromatic heterocycles. The van der Waals surface area contributed by atoms with Crippen LogP contribution in [0.25, 0.3) is 0 Å². The van der Waals surface area contributed by atoms with Gasteiger partial charge in [-0.1, -0.05) is 35.9 Å². The maximum Gasteiger partial charge on any atom is 0.315 e. The average Bonchev–Trinajstić information content (AvgIpc) is 2.51. The Hall–Kier alpha value is -2.07. The summed E-state index contributed by atoms with van der Waals surface area (Å²) in [6.45, 7) is 0.996. The van der Waals surface area contributed by atoms with Gasteiger partial charge >= 0.3 is 6.03 Å². The molecule has 2 rings (SSSR count). The van der Waals surface area contributed by atoms with Crippen molar-refractivity contribution in [2.75, 3.05) is 6.54 Å². The molecule has 0 aliphatic heterocycles. The highest BCUT2D eigenvalue weighted by Gasteiger charge is 2.01. The molecular formula is C17H18ClFN2O. The Morgan fingerprint density at radius 2 is 1.82 bits per heavy atom. The van der Waals surface area contributed by atoms with E-state index in [1.165, 1.54) is 12.1 Å². The van der Waals surface area contributed by atoms with Crippen LogP contribution in [0.4, 0.5) is 9.18 Å². The molecule has 0 saturated heterocycles. The van der Waals surface area contributed by atoms with Gasteiger partial charge in [-0.2, -0.15) is 0 Å². The molecule has 5 heteroatoms. The lowest BCUT2D eigenvalue weighted by atomic mass is 10.1. The van der Waals surface area contributed by atoms with E-state index < -0.39 is 0 Å². The van der Waals surface area contributed by atoms with E-state index in [1.54, 1.807) is 18.2 Å². The lowest BCUT2D eigenvalue weighted by Gasteiger charge is -2.08. The molecule has 0 spiro atoms. The van der Waals surface area contributed by atoms with Crippen LogP contribution in [0.2, 0.25) is 5.02 Å². The Morgan fingerprint density at radius 3 is 2.55 bits per heavy atom. The molecule has 0 atom stereocenters. The van der Waals surface area contributed by atoms with Crippen molar-refractivity contribution in [1.82, 2.24) is 10.6 Å². The minimum atomic E-state index is -0.230. The van der Waals surface area contributed by atoms with Crippen molar-refractivity contribution in [1.29, 1.82) is 0 Å². The van der Waals surface area contributed by atoms with Crippen LogP contribution in [0.5, 0.6) is 0 Å². The van der Waals surface area contributed by atoms with E-state index in [2.05, 4.69) is 10.6 Å². The second kappa shape index (κ2) is 8.39. The molecule has 2 aromatic rings. The van der Waals surface area contributed by atoms with Gasteiger partial charge in [0.15, 0.2) is 0 Å². The van der Waals surface area contributed by atoms with E-state index >= 15 is 0 Å². The Labute approximate surface area is 134 Å². The average molecular weight is 321 g/mol. The maximum absolute atomic E-state index is 13.0. The van der Waals surface area contributed by atoms with Crippen LogP contribution >= 0.6 is 11.6 Å². The molecule has 22 heavy (non-hydrogen) atoms. The number of urea groups is 1. The van der Waals surface area contributed by atoms with Gasteiger partial charge in [0.1, 0.15) is 5.82 Å². The van der Waals surface area contributed by atoms with Crippen molar-refractivity contribution in [2.45, 2.75) is 19.4 Å². The van der Waals surface area contributed by atoms with Crippen molar-refractivity contribution in [3.63, 3.8) is 0 Å². The van der Waals surface area contributed by atoms with Crippen molar-refractivity contribution in [3.05, 3.63) is 70.5 Å². The normalized spacial score (nSPS) is 10.3. The monoisotopic (exact) mass is 320 g/mol. The Morgan fingerprint density at radius 1 is 1.05 bits per heavy atom. The van der Waals surface area contributed by atoms with Gasteiger partial charge in [0, 0.05) is 18.1 Å². The van der Waals surface area contributed by atoms with Crippen LogP contribution in [0, 0.1) is 5.82 Å². The zero-order valence-electron chi connectivity index (χ0n) is 12.1. The first-order valence-corrected chi connectivity index (χ1v) is 7.52. The second-order valence-electron chi connectivity index (χ2n) is 4.97. The number of carbonyl (C=O) groups is 1. The van der Waals surface area contributed by atoms with E-state index in [1.807, 2.05) is 18.2 Å². The lowest BCUT2D eigenvalue weighted by Crippen LogP contribution is -2.35. The molecule has 0 aliphatic carbocycles. The lowest BCUT2D eigenvalue weighted by molar-refractivity contribution is 0.240. The van der Waals surface area contributed by atoms with Gasteiger partial charge < -0.3 is 10.6 Å². The molecule has 2 aromatic carbocycles. The predicted molar refractivity (Wildman–Crippen MR) is 86.4 cm³/mol. The highest BCUT2D eigenvalue weighted by Crippen LogP contribution is 2.09. The third kappa shape index (κ3) is 5.74. The molecule has 2 amide bonds. The van der Waals surface area contributed by atoms with Crippen LogP contribution in [0.15, 0.2) is 48.5 Å². The minimum Gasteiger partial charge on any atom is -0.338 e. The first-order chi connectivity index (χ1) is 10.6. The number of hydrogen-bond donors (Lipinski definition) is 2. The summed E-state index contributed by atoms with van der Waals surface area (Å²) in [4.78, 5) is 11.6. The highest BCUT2D eigenvalue weighted by atomic mass is 35.5. The maximum atomic E-state index is 13.0. The molecular weight excluding hydrogens is 303 g/mol. The zero-order valence-corrected chi connectivity index (χ0v) is 12.9. The number of amides is 2. The van der Waals surface area contributed by atoms with Crippen molar-refractivity contribution >= 4 is 17.6 Å². The quantitative estimate of drug-likeness (QED) is 0.778. The van der Waals surface area contributed by atoms with Crippen LogP contribution in [0.1, 0.15) is 17.5 Å². The summed E-state index contributed by atoms with van der Waals surface area (Å²) in [5.41, 5.74) is 1.92. The first kappa shape index (κ1) is 16.3. The number of benzene rings is 2. The summed E-state index contributed by atoms with van der Waals surface area (Å²) >= 11 is 5.80. The SMILES string of the molecule is O=C(NCCCc1cccc(F)c1)NCc1ccc(Cl)cc1. The van der Waals surface area contributed by atoms with Crippen molar-refractivity contribution in [3.8, 4) is 0 Å². The molecule has 0 heterocycles. The van der Waals surface area contributed by atoms with Crippen LogP contribution in [-0.4, -0.2) is 12.6 Å². The molecule has 0 saturated carbocycles. The molecule has 3 nitrogen and oxygen atoms in total.